The molecular weight excluding hydrogens is 608 g/mol. The van der Waals surface area contributed by atoms with Gasteiger partial charge in [-0.15, -0.1) is 0 Å². The number of ether oxygens (including phenoxy) is 2. The molecule has 0 spiro atoms. The van der Waals surface area contributed by atoms with Gasteiger partial charge in [-0.3, -0.25) is 10.6 Å². The zero-order valence-electron chi connectivity index (χ0n) is 26.5. The number of hydrogen-bond donors (Lipinski definition) is 2. The van der Waals surface area contributed by atoms with Crippen LogP contribution in [-0.4, -0.2) is 85.0 Å². The lowest BCUT2D eigenvalue weighted by Crippen LogP contribution is -2.27. The Hall–Kier alpha value is -3.52. The van der Waals surface area contributed by atoms with Gasteiger partial charge in [0.15, 0.2) is 24.8 Å². The molecule has 0 aliphatic carbocycles. The highest BCUT2D eigenvalue weighted by Gasteiger charge is 2.23. The van der Waals surface area contributed by atoms with Gasteiger partial charge in [-0.2, -0.15) is 0 Å². The first-order valence-corrected chi connectivity index (χ1v) is 18.4. The number of sulfone groups is 2. The molecule has 2 aromatic carbocycles. The lowest BCUT2D eigenvalue weighted by Gasteiger charge is -2.23. The summed E-state index contributed by atoms with van der Waals surface area (Å²) in [6, 6.07) is 11.1. The van der Waals surface area contributed by atoms with E-state index in [2.05, 4.69) is 34.3 Å². The van der Waals surface area contributed by atoms with Crippen LogP contribution in [0.5, 0.6) is 0 Å². The maximum atomic E-state index is 12.4. The molecule has 0 unspecified atom stereocenters. The molecule has 0 heterocycles. The third kappa shape index (κ3) is 11.9. The molecule has 2 N–H and O–H groups in total. The number of aryl methyl sites for hydroxylation is 2. The third-order valence-corrected chi connectivity index (χ3v) is 11.3. The van der Waals surface area contributed by atoms with Gasteiger partial charge in [-0.1, -0.05) is 6.92 Å². The summed E-state index contributed by atoms with van der Waals surface area (Å²) in [6.45, 7) is 14.3. The standard InChI is InChI=1S/C30H46N4O8S2/c1-7-15-34(10-4)26-12-14-28(24(6)21-26)32-30(36)42-17-19-44(39,40)22-43(37,38)18-16-41-29(35)31-27-13-11-25(20-23(27)5)33(8-2)9-3/h11-14,20-21H,7-10,15-19,22H2,1-6H3,(H,31,35)(H,32,36). The van der Waals surface area contributed by atoms with E-state index in [4.69, 9.17) is 9.47 Å². The Morgan fingerprint density at radius 3 is 1.45 bits per heavy atom. The van der Waals surface area contributed by atoms with E-state index in [-0.39, 0.29) is 0 Å². The number of benzene rings is 2. The third-order valence-electron chi connectivity index (χ3n) is 6.88. The molecule has 0 fully saturated rings. The van der Waals surface area contributed by atoms with Crippen molar-refractivity contribution in [3.63, 3.8) is 0 Å². The van der Waals surface area contributed by atoms with E-state index in [0.29, 0.717) is 11.4 Å². The van der Waals surface area contributed by atoms with E-state index in [1.54, 1.807) is 12.1 Å². The SMILES string of the molecule is CCCN(CC)c1ccc(NC(=O)OCCS(=O)(=O)CS(=O)(=O)CCOC(=O)Nc2ccc(N(CC)CC)cc2C)c(C)c1. The van der Waals surface area contributed by atoms with Crippen molar-refractivity contribution >= 4 is 54.6 Å². The Bertz CT molecular complexity index is 1480. The van der Waals surface area contributed by atoms with E-state index < -0.39 is 61.7 Å². The van der Waals surface area contributed by atoms with Gasteiger partial charge in [0.05, 0.1) is 11.5 Å². The number of carbonyl (C=O) groups is 2. The summed E-state index contributed by atoms with van der Waals surface area (Å²) in [7, 11) is -8.24. The van der Waals surface area contributed by atoms with Crippen LogP contribution < -0.4 is 20.4 Å². The Morgan fingerprint density at radius 1 is 0.682 bits per heavy atom. The van der Waals surface area contributed by atoms with Crippen LogP contribution in [0, 0.1) is 13.8 Å². The topological polar surface area (TPSA) is 151 Å². The molecule has 0 bridgehead atoms. The lowest BCUT2D eigenvalue weighted by atomic mass is 10.1. The second-order valence-electron chi connectivity index (χ2n) is 10.3. The molecular formula is C30H46N4O8S2. The lowest BCUT2D eigenvalue weighted by molar-refractivity contribution is 0.167. The van der Waals surface area contributed by atoms with Crippen LogP contribution in [0.4, 0.5) is 32.3 Å². The minimum Gasteiger partial charge on any atom is -0.448 e. The van der Waals surface area contributed by atoms with Gasteiger partial charge in [0.25, 0.3) is 0 Å². The molecule has 0 aliphatic rings. The van der Waals surface area contributed by atoms with Crippen LogP contribution in [0.1, 0.15) is 45.2 Å². The Balaban J connectivity index is 1.79. The average molecular weight is 655 g/mol. The molecule has 44 heavy (non-hydrogen) atoms. The first-order valence-electron chi connectivity index (χ1n) is 14.7. The first kappa shape index (κ1) is 36.7. The molecule has 0 saturated carbocycles. The highest BCUT2D eigenvalue weighted by molar-refractivity contribution is 8.08. The number of nitrogens with one attached hydrogen (secondary N) is 2. The van der Waals surface area contributed by atoms with E-state index >= 15 is 0 Å². The molecule has 14 heteroatoms. The van der Waals surface area contributed by atoms with E-state index in [1.807, 2.05) is 52.0 Å². The van der Waals surface area contributed by atoms with Gasteiger partial charge >= 0.3 is 12.2 Å². The zero-order chi connectivity index (χ0) is 32.9. The van der Waals surface area contributed by atoms with Crippen molar-refractivity contribution in [3.05, 3.63) is 47.5 Å². The van der Waals surface area contributed by atoms with Gasteiger partial charge in [-0.05, 0) is 88.6 Å². The van der Waals surface area contributed by atoms with E-state index in [1.165, 1.54) is 0 Å². The Labute approximate surface area is 261 Å². The van der Waals surface area contributed by atoms with Crippen molar-refractivity contribution in [3.8, 4) is 0 Å². The van der Waals surface area contributed by atoms with Gasteiger partial charge < -0.3 is 19.3 Å². The fraction of sp³-hybridized carbons (Fsp3) is 0.533. The van der Waals surface area contributed by atoms with Crippen molar-refractivity contribution < 1.29 is 35.9 Å². The first-order chi connectivity index (χ1) is 20.7. The van der Waals surface area contributed by atoms with Crippen molar-refractivity contribution in [2.45, 2.75) is 48.0 Å². The number of carbonyl (C=O) groups excluding carboxylic acids is 2. The van der Waals surface area contributed by atoms with Crippen LogP contribution >= 0.6 is 0 Å². The van der Waals surface area contributed by atoms with E-state index in [0.717, 1.165) is 55.1 Å². The second-order valence-corrected chi connectivity index (χ2v) is 15.0. The number of hydrogen-bond acceptors (Lipinski definition) is 10. The smallest absolute Gasteiger partial charge is 0.411 e. The zero-order valence-corrected chi connectivity index (χ0v) is 28.1. The number of anilines is 4. The summed E-state index contributed by atoms with van der Waals surface area (Å²) < 4.78 is 59.5. The van der Waals surface area contributed by atoms with E-state index in [9.17, 15) is 26.4 Å². The number of amides is 2. The second kappa shape index (κ2) is 17.1. The Kier molecular flexibility index (Phi) is 14.2. The van der Waals surface area contributed by atoms with Crippen molar-refractivity contribution in [1.29, 1.82) is 0 Å². The molecule has 2 aromatic rings. The summed E-state index contributed by atoms with van der Waals surface area (Å²) in [5, 5.41) is 4.00. The highest BCUT2D eigenvalue weighted by Crippen LogP contribution is 2.24. The van der Waals surface area contributed by atoms with Crippen molar-refractivity contribution in [2.75, 3.05) is 76.4 Å². The van der Waals surface area contributed by atoms with Gasteiger partial charge in [-0.25, -0.2) is 26.4 Å². The molecule has 0 aliphatic heterocycles. The van der Waals surface area contributed by atoms with Crippen molar-refractivity contribution in [2.24, 2.45) is 0 Å². The summed E-state index contributed by atoms with van der Waals surface area (Å²) in [6.07, 6.45) is -0.701. The molecule has 2 rings (SSSR count). The maximum Gasteiger partial charge on any atom is 0.411 e. The monoisotopic (exact) mass is 654 g/mol. The molecule has 0 radical (unpaired) electrons. The molecule has 0 saturated heterocycles. The van der Waals surface area contributed by atoms with Crippen LogP contribution in [0.15, 0.2) is 36.4 Å². The quantitative estimate of drug-likeness (QED) is 0.239. The summed E-state index contributed by atoms with van der Waals surface area (Å²) in [5.41, 5.74) is 4.69. The van der Waals surface area contributed by atoms with Crippen LogP contribution in [0.25, 0.3) is 0 Å². The van der Waals surface area contributed by atoms with Gasteiger partial charge in [0.2, 0.25) is 0 Å². The minimum absolute atomic E-state index is 0.516. The maximum absolute atomic E-state index is 12.4. The van der Waals surface area contributed by atoms with Crippen LogP contribution in [0.3, 0.4) is 0 Å². The summed E-state index contributed by atoms with van der Waals surface area (Å²) in [4.78, 5) is 28.8. The summed E-state index contributed by atoms with van der Waals surface area (Å²) >= 11 is 0. The fourth-order valence-corrected chi connectivity index (χ4v) is 8.31. The van der Waals surface area contributed by atoms with Crippen LogP contribution in [-0.2, 0) is 29.1 Å². The molecule has 12 nitrogen and oxygen atoms in total. The van der Waals surface area contributed by atoms with Crippen molar-refractivity contribution in [1.82, 2.24) is 0 Å². The predicted octanol–water partition coefficient (Wildman–Crippen LogP) is 4.97. The average Bonchev–Trinajstić information content (AvgIpc) is 2.94. The Morgan fingerprint density at radius 2 is 1.09 bits per heavy atom. The molecule has 0 aromatic heterocycles. The molecule has 2 amide bonds. The largest absolute Gasteiger partial charge is 0.448 e. The normalized spacial score (nSPS) is 11.5. The molecule has 246 valence electrons. The van der Waals surface area contributed by atoms with Crippen LogP contribution in [0.2, 0.25) is 0 Å². The summed E-state index contributed by atoms with van der Waals surface area (Å²) in [5.74, 6) is -1.35. The predicted molar refractivity (Wildman–Crippen MR) is 176 cm³/mol. The minimum atomic E-state index is -4.12. The number of rotatable bonds is 17. The fourth-order valence-electron chi connectivity index (χ4n) is 4.50. The number of nitrogens with zero attached hydrogens (tertiary/aromatic N) is 2. The van der Waals surface area contributed by atoms with Gasteiger partial charge in [0, 0.05) is 48.9 Å². The molecule has 0 atom stereocenters. The van der Waals surface area contributed by atoms with Gasteiger partial charge in [0.1, 0.15) is 13.2 Å². The highest BCUT2D eigenvalue weighted by atomic mass is 32.3.